The van der Waals surface area contributed by atoms with Gasteiger partial charge in [-0.15, -0.1) is 0 Å². The smallest absolute Gasteiger partial charge is 0.337 e. The Morgan fingerprint density at radius 2 is 1.69 bits per heavy atom. The number of esters is 2. The highest BCUT2D eigenvalue weighted by Crippen LogP contribution is 2.24. The first-order chi connectivity index (χ1) is 17.5. The molecule has 2 rings (SSSR count). The number of ether oxygens (including phenoxy) is 3. The summed E-state index contributed by atoms with van der Waals surface area (Å²) < 4.78 is 15.4. The third kappa shape index (κ3) is 10.2. The normalized spacial score (nSPS) is 11.9. The first-order valence-corrected chi connectivity index (χ1v) is 12.7. The second-order valence-electron chi connectivity index (χ2n) is 8.70. The first-order valence-electron chi connectivity index (χ1n) is 12.7. The molecule has 0 radical (unpaired) electrons. The maximum absolute atomic E-state index is 11.8. The fourth-order valence-corrected chi connectivity index (χ4v) is 3.80. The van der Waals surface area contributed by atoms with Crippen LogP contribution in [0.3, 0.4) is 0 Å². The van der Waals surface area contributed by atoms with Crippen LogP contribution < -0.4 is 4.74 Å². The highest BCUT2D eigenvalue weighted by Gasteiger charge is 2.14. The zero-order valence-electron chi connectivity index (χ0n) is 21.7. The van der Waals surface area contributed by atoms with Crippen molar-refractivity contribution >= 4 is 18.0 Å². The summed E-state index contributed by atoms with van der Waals surface area (Å²) in [5.74, 6) is -0.379. The van der Waals surface area contributed by atoms with E-state index in [1.165, 1.54) is 58.8 Å². The number of aliphatic hydroxyl groups is 1. The lowest BCUT2D eigenvalue weighted by Crippen LogP contribution is -2.08. The number of unbranched alkanes of at least 4 members (excludes halogenated alkanes) is 7. The van der Waals surface area contributed by atoms with Crippen LogP contribution in [0.25, 0.3) is 6.08 Å². The van der Waals surface area contributed by atoms with Gasteiger partial charge in [-0.1, -0.05) is 64.0 Å². The largest absolute Gasteiger partial charge is 0.491 e. The van der Waals surface area contributed by atoms with E-state index in [2.05, 4.69) is 11.9 Å². The lowest BCUT2D eigenvalue weighted by Gasteiger charge is -2.14. The van der Waals surface area contributed by atoms with Gasteiger partial charge in [-0.25, -0.2) is 14.6 Å². The number of aliphatic hydroxyl groups excluding tert-OH is 1. The number of hydrogen-bond acceptors (Lipinski definition) is 7. The van der Waals surface area contributed by atoms with Crippen LogP contribution in [0.5, 0.6) is 5.75 Å². The van der Waals surface area contributed by atoms with Crippen molar-refractivity contribution in [3.05, 3.63) is 65.0 Å². The van der Waals surface area contributed by atoms with E-state index in [0.717, 1.165) is 12.8 Å². The summed E-state index contributed by atoms with van der Waals surface area (Å²) in [6.45, 7) is 2.79. The summed E-state index contributed by atoms with van der Waals surface area (Å²) in [5, 5.41) is 10.7. The molecule has 1 aromatic carbocycles. The van der Waals surface area contributed by atoms with Crippen molar-refractivity contribution in [1.29, 1.82) is 0 Å². The van der Waals surface area contributed by atoms with Crippen LogP contribution in [0.1, 0.15) is 91.7 Å². The fourth-order valence-electron chi connectivity index (χ4n) is 3.80. The predicted molar refractivity (Wildman–Crippen MR) is 140 cm³/mol. The van der Waals surface area contributed by atoms with Crippen molar-refractivity contribution < 1.29 is 28.9 Å². The van der Waals surface area contributed by atoms with Gasteiger partial charge in [0.05, 0.1) is 32.5 Å². The van der Waals surface area contributed by atoms with Gasteiger partial charge >= 0.3 is 11.9 Å². The third-order valence-corrected chi connectivity index (χ3v) is 5.87. The van der Waals surface area contributed by atoms with Crippen LogP contribution in [0.4, 0.5) is 0 Å². The molecule has 1 unspecified atom stereocenters. The number of carbonyl (C=O) groups is 2. The Labute approximate surface area is 214 Å². The summed E-state index contributed by atoms with van der Waals surface area (Å²) in [6.07, 6.45) is 11.9. The number of carbonyl (C=O) groups excluding carboxylic acids is 2. The number of rotatable bonds is 16. The van der Waals surface area contributed by atoms with Gasteiger partial charge < -0.3 is 19.3 Å². The molecule has 1 aromatic heterocycles. The van der Waals surface area contributed by atoms with Gasteiger partial charge in [-0.05, 0) is 42.3 Å². The van der Waals surface area contributed by atoms with Crippen LogP contribution in [0, 0.1) is 0 Å². The van der Waals surface area contributed by atoms with Crippen molar-refractivity contribution in [2.45, 2.75) is 70.8 Å². The second kappa shape index (κ2) is 16.5. The van der Waals surface area contributed by atoms with E-state index < -0.39 is 18.0 Å². The quantitative estimate of drug-likeness (QED) is 0.177. The van der Waals surface area contributed by atoms with Crippen molar-refractivity contribution in [2.75, 3.05) is 20.8 Å². The van der Waals surface area contributed by atoms with Crippen molar-refractivity contribution in [3.63, 3.8) is 0 Å². The molecule has 7 heteroatoms. The Kier molecular flexibility index (Phi) is 13.3. The molecular formula is C29H39NO6. The van der Waals surface area contributed by atoms with Crippen LogP contribution in [-0.2, 0) is 20.7 Å². The molecule has 36 heavy (non-hydrogen) atoms. The number of hydrogen-bond donors (Lipinski definition) is 1. The number of methoxy groups -OCH3 is 2. The molecule has 0 spiro atoms. The minimum Gasteiger partial charge on any atom is -0.491 e. The lowest BCUT2D eigenvalue weighted by atomic mass is 10.0. The minimum absolute atomic E-state index is 0.224. The fraction of sp³-hybridized carbons (Fsp3) is 0.483. The summed E-state index contributed by atoms with van der Waals surface area (Å²) in [6, 6.07) is 10.3. The topological polar surface area (TPSA) is 95.0 Å². The number of aromatic nitrogens is 1. The molecule has 1 heterocycles. The summed E-state index contributed by atoms with van der Waals surface area (Å²) >= 11 is 0. The number of benzene rings is 1. The highest BCUT2D eigenvalue weighted by molar-refractivity contribution is 5.89. The zero-order valence-corrected chi connectivity index (χ0v) is 21.7. The Morgan fingerprint density at radius 3 is 2.39 bits per heavy atom. The minimum atomic E-state index is -0.872. The Balaban J connectivity index is 2.02. The summed E-state index contributed by atoms with van der Waals surface area (Å²) in [7, 11) is 2.63. The lowest BCUT2D eigenvalue weighted by molar-refractivity contribution is -0.134. The number of pyridine rings is 1. The van der Waals surface area contributed by atoms with Gasteiger partial charge in [-0.2, -0.15) is 0 Å². The predicted octanol–water partition coefficient (Wildman–Crippen LogP) is 5.85. The highest BCUT2D eigenvalue weighted by atomic mass is 16.5. The van der Waals surface area contributed by atoms with Gasteiger partial charge in [0.1, 0.15) is 11.4 Å². The molecule has 7 nitrogen and oxygen atoms in total. The van der Waals surface area contributed by atoms with E-state index in [4.69, 9.17) is 14.2 Å². The molecule has 1 N–H and O–H groups in total. The molecule has 0 amide bonds. The Bertz CT molecular complexity index is 987. The molecule has 0 fully saturated rings. The van der Waals surface area contributed by atoms with Crippen molar-refractivity contribution in [1.82, 2.24) is 4.98 Å². The van der Waals surface area contributed by atoms with Crippen molar-refractivity contribution in [3.8, 4) is 5.75 Å². The van der Waals surface area contributed by atoms with Crippen LogP contribution in [0.15, 0.2) is 42.5 Å². The molecule has 0 aliphatic rings. The van der Waals surface area contributed by atoms with E-state index in [1.807, 2.05) is 6.07 Å². The molecular weight excluding hydrogens is 458 g/mol. The average Bonchev–Trinajstić information content (AvgIpc) is 2.91. The van der Waals surface area contributed by atoms with Gasteiger partial charge in [0, 0.05) is 18.2 Å². The Morgan fingerprint density at radius 1 is 0.972 bits per heavy atom. The zero-order chi connectivity index (χ0) is 26.2. The molecule has 0 saturated heterocycles. The first kappa shape index (κ1) is 29.0. The monoisotopic (exact) mass is 497 g/mol. The molecule has 196 valence electrons. The Hall–Kier alpha value is -3.19. The molecule has 0 aliphatic heterocycles. The molecule has 2 aromatic rings. The van der Waals surface area contributed by atoms with Gasteiger partial charge in [0.25, 0.3) is 0 Å². The molecule has 1 atom stereocenters. The van der Waals surface area contributed by atoms with E-state index in [1.54, 1.807) is 36.4 Å². The van der Waals surface area contributed by atoms with Crippen LogP contribution in [0.2, 0.25) is 0 Å². The van der Waals surface area contributed by atoms with E-state index in [0.29, 0.717) is 34.9 Å². The van der Waals surface area contributed by atoms with Crippen LogP contribution in [-0.4, -0.2) is 42.9 Å². The van der Waals surface area contributed by atoms with Gasteiger partial charge in [0.2, 0.25) is 0 Å². The molecule has 0 bridgehead atoms. The maximum Gasteiger partial charge on any atom is 0.337 e. The van der Waals surface area contributed by atoms with Gasteiger partial charge in [0.15, 0.2) is 0 Å². The summed E-state index contributed by atoms with van der Waals surface area (Å²) in [4.78, 5) is 28.0. The third-order valence-electron chi connectivity index (χ3n) is 5.87. The number of nitrogens with zero attached hydrogens (tertiary/aromatic N) is 1. The van der Waals surface area contributed by atoms with E-state index in [9.17, 15) is 14.7 Å². The van der Waals surface area contributed by atoms with Gasteiger partial charge in [-0.3, -0.25) is 0 Å². The summed E-state index contributed by atoms with van der Waals surface area (Å²) in [5.41, 5.74) is 2.07. The van der Waals surface area contributed by atoms with Crippen LogP contribution >= 0.6 is 0 Å². The standard InChI is InChI=1S/C29H39NO6/c1-4-5-6-7-8-9-10-11-19-36-27-17-15-24(30-25(27)16-18-28(32)34-2)21-26(31)22-13-12-14-23(20-22)29(33)35-3/h12-18,20,26,31H,4-11,19,21H2,1-3H3/b18-16+. The molecule has 0 aliphatic carbocycles. The molecule has 0 saturated carbocycles. The average molecular weight is 498 g/mol. The van der Waals surface area contributed by atoms with Crippen molar-refractivity contribution in [2.24, 2.45) is 0 Å². The van der Waals surface area contributed by atoms with E-state index >= 15 is 0 Å². The SMILES string of the molecule is CCCCCCCCCCOc1ccc(CC(O)c2cccc(C(=O)OC)c2)nc1/C=C/C(=O)OC. The van der Waals surface area contributed by atoms with E-state index in [-0.39, 0.29) is 6.42 Å². The second-order valence-corrected chi connectivity index (χ2v) is 8.70. The maximum atomic E-state index is 11.8.